The van der Waals surface area contributed by atoms with Crippen molar-refractivity contribution in [2.75, 3.05) is 12.4 Å². The number of nitrogens with one attached hydrogen (secondary N) is 1. The average molecular weight is 195 g/mol. The number of aromatic hydroxyl groups is 1. The van der Waals surface area contributed by atoms with Crippen molar-refractivity contribution < 1.29 is 5.11 Å². The van der Waals surface area contributed by atoms with Gasteiger partial charge in [-0.2, -0.15) is 0 Å². The minimum atomic E-state index is 0.426. The highest BCUT2D eigenvalue weighted by Crippen LogP contribution is 2.24. The van der Waals surface area contributed by atoms with Gasteiger partial charge >= 0.3 is 0 Å². The number of para-hydroxylation sites is 1. The van der Waals surface area contributed by atoms with Gasteiger partial charge in [0, 0.05) is 17.7 Å². The van der Waals surface area contributed by atoms with Crippen LogP contribution < -0.4 is 5.32 Å². The summed E-state index contributed by atoms with van der Waals surface area (Å²) in [5.74, 6) is 1.47. The van der Waals surface area contributed by atoms with E-state index in [9.17, 15) is 5.11 Å². The zero-order chi connectivity index (χ0) is 9.10. The smallest absolute Gasteiger partial charge is 0.118 e. The third-order valence-corrected chi connectivity index (χ3v) is 3.41. The van der Waals surface area contributed by atoms with Crippen molar-refractivity contribution in [3.8, 4) is 5.75 Å². The zero-order valence-electron chi connectivity index (χ0n) is 7.36. The van der Waals surface area contributed by atoms with Crippen molar-refractivity contribution in [2.45, 2.75) is 11.7 Å². The van der Waals surface area contributed by atoms with Gasteiger partial charge in [0.2, 0.25) is 0 Å². The van der Waals surface area contributed by atoms with Crippen molar-refractivity contribution >= 4 is 11.8 Å². The largest absolute Gasteiger partial charge is 0.508 e. The van der Waals surface area contributed by atoms with E-state index < -0.39 is 0 Å². The van der Waals surface area contributed by atoms with E-state index in [0.29, 0.717) is 11.0 Å². The summed E-state index contributed by atoms with van der Waals surface area (Å²) < 4.78 is 0. The van der Waals surface area contributed by atoms with E-state index in [1.54, 1.807) is 6.07 Å². The molecule has 0 bridgehead atoms. The molecule has 3 heteroatoms. The van der Waals surface area contributed by atoms with Crippen molar-refractivity contribution in [1.29, 1.82) is 0 Å². The van der Waals surface area contributed by atoms with Crippen LogP contribution in [0, 0.1) is 0 Å². The number of benzene rings is 1. The molecule has 1 aromatic carbocycles. The Balaban J connectivity index is 2.04. The van der Waals surface area contributed by atoms with Crippen LogP contribution in [0.5, 0.6) is 5.75 Å². The van der Waals surface area contributed by atoms with Crippen LogP contribution in [-0.2, 0) is 6.42 Å². The van der Waals surface area contributed by atoms with Crippen LogP contribution in [0.4, 0.5) is 0 Å². The summed E-state index contributed by atoms with van der Waals surface area (Å²) in [6, 6.07) is 7.58. The number of phenolic OH excluding ortho intramolecular Hbond substituents is 1. The maximum atomic E-state index is 9.54. The molecule has 0 saturated carbocycles. The Hall–Kier alpha value is -0.670. The van der Waals surface area contributed by atoms with Gasteiger partial charge in [-0.3, -0.25) is 0 Å². The fourth-order valence-electron chi connectivity index (χ4n) is 1.52. The fraction of sp³-hybridized carbons (Fsp3) is 0.400. The molecule has 1 aromatic rings. The third-order valence-electron chi connectivity index (χ3n) is 2.23. The van der Waals surface area contributed by atoms with Crippen molar-refractivity contribution in [2.24, 2.45) is 0 Å². The molecule has 2 N–H and O–H groups in total. The Labute approximate surface area is 82.4 Å². The summed E-state index contributed by atoms with van der Waals surface area (Å²) in [6.45, 7) is 1.05. The Morgan fingerprint density at radius 3 is 3.00 bits per heavy atom. The van der Waals surface area contributed by atoms with E-state index in [2.05, 4.69) is 5.32 Å². The van der Waals surface area contributed by atoms with Gasteiger partial charge in [-0.05, 0) is 18.1 Å². The number of rotatable bonds is 2. The van der Waals surface area contributed by atoms with E-state index in [4.69, 9.17) is 0 Å². The molecule has 0 radical (unpaired) electrons. The first kappa shape index (κ1) is 8.91. The molecule has 1 heterocycles. The molecule has 13 heavy (non-hydrogen) atoms. The van der Waals surface area contributed by atoms with E-state index >= 15 is 0 Å². The number of hydrogen-bond acceptors (Lipinski definition) is 3. The molecule has 1 unspecified atom stereocenters. The van der Waals surface area contributed by atoms with Crippen LogP contribution in [0.3, 0.4) is 0 Å². The lowest BCUT2D eigenvalue weighted by atomic mass is 10.1. The molecule has 70 valence electrons. The second-order valence-electron chi connectivity index (χ2n) is 3.22. The maximum absolute atomic E-state index is 9.54. The Morgan fingerprint density at radius 2 is 2.31 bits per heavy atom. The van der Waals surface area contributed by atoms with Gasteiger partial charge in [0.25, 0.3) is 0 Å². The van der Waals surface area contributed by atoms with Crippen LogP contribution in [0.15, 0.2) is 24.3 Å². The van der Waals surface area contributed by atoms with Crippen molar-refractivity contribution in [1.82, 2.24) is 5.32 Å². The van der Waals surface area contributed by atoms with Gasteiger partial charge in [-0.15, -0.1) is 11.8 Å². The Morgan fingerprint density at radius 1 is 1.46 bits per heavy atom. The van der Waals surface area contributed by atoms with Gasteiger partial charge in [0.05, 0.1) is 0 Å². The first-order valence-electron chi connectivity index (χ1n) is 4.45. The quantitative estimate of drug-likeness (QED) is 0.751. The Kier molecular flexibility index (Phi) is 2.76. The third kappa shape index (κ3) is 2.17. The molecule has 1 aliphatic heterocycles. The first-order valence-corrected chi connectivity index (χ1v) is 5.50. The van der Waals surface area contributed by atoms with E-state index in [1.807, 2.05) is 30.0 Å². The van der Waals surface area contributed by atoms with Crippen molar-refractivity contribution in [3.63, 3.8) is 0 Å². The molecule has 1 aliphatic rings. The second-order valence-corrected chi connectivity index (χ2v) is 4.51. The maximum Gasteiger partial charge on any atom is 0.118 e. The van der Waals surface area contributed by atoms with Gasteiger partial charge in [-0.1, -0.05) is 18.2 Å². The molecular formula is C10H13NOS. The predicted molar refractivity (Wildman–Crippen MR) is 56.1 cm³/mol. The SMILES string of the molecule is Oc1ccccc1CC1CNCS1. The molecule has 0 aromatic heterocycles. The van der Waals surface area contributed by atoms with E-state index in [-0.39, 0.29) is 0 Å². The lowest BCUT2D eigenvalue weighted by Crippen LogP contribution is -2.14. The first-order chi connectivity index (χ1) is 6.36. The minimum absolute atomic E-state index is 0.426. The molecule has 0 aliphatic carbocycles. The molecule has 2 rings (SSSR count). The summed E-state index contributed by atoms with van der Waals surface area (Å²) in [5, 5.41) is 13.5. The summed E-state index contributed by atoms with van der Waals surface area (Å²) in [4.78, 5) is 0. The van der Waals surface area contributed by atoms with Crippen LogP contribution in [-0.4, -0.2) is 22.8 Å². The monoisotopic (exact) mass is 195 g/mol. The number of thioether (sulfide) groups is 1. The topological polar surface area (TPSA) is 32.3 Å². The average Bonchev–Trinajstić information content (AvgIpc) is 2.61. The zero-order valence-corrected chi connectivity index (χ0v) is 8.18. The molecular weight excluding hydrogens is 182 g/mol. The summed E-state index contributed by atoms with van der Waals surface area (Å²) in [5.41, 5.74) is 1.06. The summed E-state index contributed by atoms with van der Waals surface area (Å²) in [7, 11) is 0. The molecule has 2 nitrogen and oxygen atoms in total. The van der Waals surface area contributed by atoms with Crippen molar-refractivity contribution in [3.05, 3.63) is 29.8 Å². The highest BCUT2D eigenvalue weighted by atomic mass is 32.2. The minimum Gasteiger partial charge on any atom is -0.508 e. The van der Waals surface area contributed by atoms with Gasteiger partial charge in [0.1, 0.15) is 5.75 Å². The van der Waals surface area contributed by atoms with Gasteiger partial charge in [-0.25, -0.2) is 0 Å². The predicted octanol–water partition coefficient (Wildman–Crippen LogP) is 1.60. The van der Waals surface area contributed by atoms with Gasteiger partial charge in [0.15, 0.2) is 0 Å². The number of hydrogen-bond donors (Lipinski definition) is 2. The molecule has 0 amide bonds. The standard InChI is InChI=1S/C10H13NOS/c12-10-4-2-1-3-8(10)5-9-6-11-7-13-9/h1-4,9,11-12H,5-7H2. The lowest BCUT2D eigenvalue weighted by Gasteiger charge is -2.08. The van der Waals surface area contributed by atoms with E-state index in [1.165, 1.54) is 0 Å². The Bertz CT molecular complexity index is 284. The molecule has 0 spiro atoms. The molecule has 1 saturated heterocycles. The summed E-state index contributed by atoms with van der Waals surface area (Å²) in [6.07, 6.45) is 0.963. The number of phenols is 1. The van der Waals surface area contributed by atoms with Crippen LogP contribution in [0.2, 0.25) is 0 Å². The highest BCUT2D eigenvalue weighted by Gasteiger charge is 2.16. The van der Waals surface area contributed by atoms with Crippen LogP contribution in [0.25, 0.3) is 0 Å². The molecule has 1 fully saturated rings. The van der Waals surface area contributed by atoms with Crippen LogP contribution >= 0.6 is 11.8 Å². The van der Waals surface area contributed by atoms with E-state index in [0.717, 1.165) is 24.4 Å². The molecule has 1 atom stereocenters. The van der Waals surface area contributed by atoms with Crippen LogP contribution in [0.1, 0.15) is 5.56 Å². The lowest BCUT2D eigenvalue weighted by molar-refractivity contribution is 0.467. The summed E-state index contributed by atoms with van der Waals surface area (Å²) >= 11 is 1.92. The fourth-order valence-corrected chi connectivity index (χ4v) is 2.52. The second kappa shape index (κ2) is 4.03. The normalized spacial score (nSPS) is 22.0. The van der Waals surface area contributed by atoms with Gasteiger partial charge < -0.3 is 10.4 Å². The highest BCUT2D eigenvalue weighted by molar-refractivity contribution is 8.00.